The molecule has 0 bridgehead atoms. The van der Waals surface area contributed by atoms with E-state index in [4.69, 9.17) is 4.74 Å². The van der Waals surface area contributed by atoms with Crippen molar-refractivity contribution in [2.45, 2.75) is 13.0 Å². The molecule has 6 heteroatoms. The highest BCUT2D eigenvalue weighted by atomic mass is 19.1. The van der Waals surface area contributed by atoms with Gasteiger partial charge in [0.05, 0.1) is 11.0 Å². The first kappa shape index (κ1) is 14.0. The third-order valence-corrected chi connectivity index (χ3v) is 2.70. The molecule has 0 unspecified atom stereocenters. The van der Waals surface area contributed by atoms with E-state index in [1.165, 1.54) is 49.4 Å². The Kier molecular flexibility index (Phi) is 3.95. The predicted octanol–water partition coefficient (Wildman–Crippen LogP) is 3.58. The number of nitro groups is 1. The van der Waals surface area contributed by atoms with Crippen LogP contribution in [-0.4, -0.2) is 10.0 Å². The van der Waals surface area contributed by atoms with Crippen molar-refractivity contribution in [3.05, 3.63) is 64.0 Å². The van der Waals surface area contributed by atoms with E-state index in [1.54, 1.807) is 0 Å². The van der Waals surface area contributed by atoms with Crippen molar-refractivity contribution in [2.24, 2.45) is 0 Å². The lowest BCUT2D eigenvalue weighted by Gasteiger charge is -2.13. The van der Waals surface area contributed by atoms with Crippen LogP contribution in [0.15, 0.2) is 42.5 Å². The summed E-state index contributed by atoms with van der Waals surface area (Å²) in [4.78, 5) is 10.0. The van der Waals surface area contributed by atoms with Gasteiger partial charge in [-0.15, -0.1) is 0 Å². The predicted molar refractivity (Wildman–Crippen MR) is 70.2 cm³/mol. The van der Waals surface area contributed by atoms with Gasteiger partial charge in [-0.2, -0.15) is 0 Å². The minimum Gasteiger partial charge on any atom is -0.457 e. The first-order valence-corrected chi connectivity index (χ1v) is 5.87. The van der Waals surface area contributed by atoms with Crippen LogP contribution in [0.1, 0.15) is 18.6 Å². The van der Waals surface area contributed by atoms with Crippen LogP contribution < -0.4 is 4.74 Å². The van der Waals surface area contributed by atoms with E-state index in [0.717, 1.165) is 0 Å². The van der Waals surface area contributed by atoms with Gasteiger partial charge in [-0.25, -0.2) is 4.39 Å². The quantitative estimate of drug-likeness (QED) is 0.684. The second-order valence-corrected chi connectivity index (χ2v) is 4.21. The maximum atomic E-state index is 13.1. The molecule has 104 valence electrons. The standard InChI is InChI=1S/C14H12FNO4/c1-9(17)13-8-10(15)2-7-14(13)20-12-5-3-11(4-6-12)16(18)19/h2-9,17H,1H3/t9-/m0/s1. The summed E-state index contributed by atoms with van der Waals surface area (Å²) >= 11 is 0. The molecule has 20 heavy (non-hydrogen) atoms. The SMILES string of the molecule is C[C@H](O)c1cc(F)ccc1Oc1ccc([N+](=O)[O-])cc1. The van der Waals surface area contributed by atoms with Crippen molar-refractivity contribution in [1.29, 1.82) is 0 Å². The molecular weight excluding hydrogens is 265 g/mol. The number of halogens is 1. The molecule has 1 atom stereocenters. The number of benzene rings is 2. The number of aliphatic hydroxyl groups excluding tert-OH is 1. The topological polar surface area (TPSA) is 72.6 Å². The molecule has 2 rings (SSSR count). The number of ether oxygens (including phenoxy) is 1. The lowest BCUT2D eigenvalue weighted by Crippen LogP contribution is -1.97. The maximum absolute atomic E-state index is 13.1. The van der Waals surface area contributed by atoms with Crippen molar-refractivity contribution in [3.63, 3.8) is 0 Å². The molecule has 0 aliphatic rings. The van der Waals surface area contributed by atoms with E-state index in [1.807, 2.05) is 0 Å². The van der Waals surface area contributed by atoms with Crippen LogP contribution in [0.5, 0.6) is 11.5 Å². The van der Waals surface area contributed by atoms with Crippen LogP contribution in [0, 0.1) is 15.9 Å². The minimum absolute atomic E-state index is 0.0489. The number of nitrogens with zero attached hydrogens (tertiary/aromatic N) is 1. The van der Waals surface area contributed by atoms with Crippen molar-refractivity contribution in [1.82, 2.24) is 0 Å². The Morgan fingerprint density at radius 1 is 1.25 bits per heavy atom. The van der Waals surface area contributed by atoms with Crippen LogP contribution in [0.3, 0.4) is 0 Å². The third-order valence-electron chi connectivity index (χ3n) is 2.70. The molecule has 2 aromatic carbocycles. The van der Waals surface area contributed by atoms with Crippen LogP contribution >= 0.6 is 0 Å². The zero-order valence-electron chi connectivity index (χ0n) is 10.6. The summed E-state index contributed by atoms with van der Waals surface area (Å²) in [6.07, 6.45) is -0.890. The van der Waals surface area contributed by atoms with Crippen molar-refractivity contribution >= 4 is 5.69 Å². The Hall–Kier alpha value is -2.47. The number of nitro benzene ring substituents is 1. The number of rotatable bonds is 4. The van der Waals surface area contributed by atoms with E-state index in [9.17, 15) is 19.6 Å². The number of non-ortho nitro benzene ring substituents is 1. The van der Waals surface area contributed by atoms with Crippen molar-refractivity contribution in [3.8, 4) is 11.5 Å². The summed E-state index contributed by atoms with van der Waals surface area (Å²) in [6, 6.07) is 9.29. The number of aliphatic hydroxyl groups is 1. The fraction of sp³-hybridized carbons (Fsp3) is 0.143. The van der Waals surface area contributed by atoms with Crippen LogP contribution in [0.25, 0.3) is 0 Å². The van der Waals surface area contributed by atoms with Gasteiger partial charge in [0.1, 0.15) is 17.3 Å². The summed E-state index contributed by atoms with van der Waals surface area (Å²) in [5.74, 6) is 0.191. The van der Waals surface area contributed by atoms with E-state index >= 15 is 0 Å². The Morgan fingerprint density at radius 3 is 2.45 bits per heavy atom. The molecular formula is C14H12FNO4. The van der Waals surface area contributed by atoms with Gasteiger partial charge in [-0.3, -0.25) is 10.1 Å². The largest absolute Gasteiger partial charge is 0.457 e. The van der Waals surface area contributed by atoms with Gasteiger partial charge in [0.2, 0.25) is 0 Å². The van der Waals surface area contributed by atoms with Crippen molar-refractivity contribution in [2.75, 3.05) is 0 Å². The van der Waals surface area contributed by atoms with Crippen molar-refractivity contribution < 1.29 is 19.2 Å². The lowest BCUT2D eigenvalue weighted by molar-refractivity contribution is -0.384. The van der Waals surface area contributed by atoms with Gasteiger partial charge in [0, 0.05) is 17.7 Å². The Labute approximate surface area is 114 Å². The summed E-state index contributed by atoms with van der Waals surface area (Å²) in [5, 5.41) is 20.1. The van der Waals surface area contributed by atoms with E-state index < -0.39 is 16.8 Å². The Morgan fingerprint density at radius 2 is 1.90 bits per heavy atom. The normalized spacial score (nSPS) is 11.9. The molecule has 0 amide bonds. The number of hydrogen-bond acceptors (Lipinski definition) is 4. The number of hydrogen-bond donors (Lipinski definition) is 1. The monoisotopic (exact) mass is 277 g/mol. The molecule has 0 spiro atoms. The first-order valence-electron chi connectivity index (χ1n) is 5.87. The van der Waals surface area contributed by atoms with Gasteiger partial charge in [0.25, 0.3) is 5.69 Å². The highest BCUT2D eigenvalue weighted by Gasteiger charge is 2.12. The van der Waals surface area contributed by atoms with Crippen LogP contribution in [0.4, 0.5) is 10.1 Å². The Balaban J connectivity index is 2.27. The summed E-state index contributed by atoms with van der Waals surface area (Å²) in [5.41, 5.74) is 0.260. The third kappa shape index (κ3) is 3.10. The molecule has 0 saturated heterocycles. The van der Waals surface area contributed by atoms with Gasteiger partial charge < -0.3 is 9.84 Å². The lowest BCUT2D eigenvalue weighted by atomic mass is 10.1. The smallest absolute Gasteiger partial charge is 0.269 e. The van der Waals surface area contributed by atoms with Gasteiger partial charge in [0.15, 0.2) is 0 Å². The molecule has 0 aromatic heterocycles. The zero-order chi connectivity index (χ0) is 14.7. The fourth-order valence-corrected chi connectivity index (χ4v) is 1.70. The molecule has 0 saturated carbocycles. The summed E-state index contributed by atoms with van der Waals surface area (Å²) < 4.78 is 18.7. The average molecular weight is 277 g/mol. The van der Waals surface area contributed by atoms with E-state index in [0.29, 0.717) is 17.1 Å². The maximum Gasteiger partial charge on any atom is 0.269 e. The second-order valence-electron chi connectivity index (χ2n) is 4.21. The summed E-state index contributed by atoms with van der Waals surface area (Å²) in [6.45, 7) is 1.50. The fourth-order valence-electron chi connectivity index (χ4n) is 1.70. The zero-order valence-corrected chi connectivity index (χ0v) is 10.6. The molecule has 2 aromatic rings. The second kappa shape index (κ2) is 5.66. The average Bonchev–Trinajstić information content (AvgIpc) is 2.41. The molecule has 0 aliphatic carbocycles. The minimum atomic E-state index is -0.890. The first-order chi connectivity index (χ1) is 9.47. The van der Waals surface area contributed by atoms with Gasteiger partial charge >= 0.3 is 0 Å². The summed E-state index contributed by atoms with van der Waals surface area (Å²) in [7, 11) is 0. The molecule has 0 fully saturated rings. The molecule has 0 radical (unpaired) electrons. The van der Waals surface area contributed by atoms with Gasteiger partial charge in [-0.1, -0.05) is 0 Å². The van der Waals surface area contributed by atoms with Crippen LogP contribution in [0.2, 0.25) is 0 Å². The van der Waals surface area contributed by atoms with Crippen LogP contribution in [-0.2, 0) is 0 Å². The molecule has 1 N–H and O–H groups in total. The van der Waals surface area contributed by atoms with E-state index in [-0.39, 0.29) is 5.69 Å². The molecule has 0 heterocycles. The van der Waals surface area contributed by atoms with Gasteiger partial charge in [-0.05, 0) is 37.3 Å². The molecule has 5 nitrogen and oxygen atoms in total. The highest BCUT2D eigenvalue weighted by Crippen LogP contribution is 2.31. The van der Waals surface area contributed by atoms with E-state index in [2.05, 4.69) is 0 Å². The highest BCUT2D eigenvalue weighted by molar-refractivity contribution is 5.42. The Bertz CT molecular complexity index is 626. The molecule has 0 aliphatic heterocycles.